The number of rotatable bonds is 9. The third-order valence-electron chi connectivity index (χ3n) is 5.73. The van der Waals surface area contributed by atoms with Crippen molar-refractivity contribution in [2.75, 3.05) is 6.61 Å². The molecule has 36 heavy (non-hydrogen) atoms. The second-order valence-electron chi connectivity index (χ2n) is 8.77. The predicted octanol–water partition coefficient (Wildman–Crippen LogP) is 4.95. The van der Waals surface area contributed by atoms with Gasteiger partial charge in [-0.15, -0.1) is 0 Å². The predicted molar refractivity (Wildman–Crippen MR) is 128 cm³/mol. The molecule has 0 N–H and O–H groups in total. The highest BCUT2D eigenvalue weighted by Crippen LogP contribution is 2.32. The van der Waals surface area contributed by atoms with Crippen molar-refractivity contribution in [3.8, 4) is 11.4 Å². The van der Waals surface area contributed by atoms with E-state index in [-0.39, 0.29) is 18.8 Å². The highest BCUT2D eigenvalue weighted by atomic mass is 19.4. The number of halogens is 3. The lowest BCUT2D eigenvalue weighted by atomic mass is 9.99. The maximum Gasteiger partial charge on any atom is 0.416 e. The molecule has 0 spiro atoms. The van der Waals surface area contributed by atoms with E-state index >= 15 is 0 Å². The van der Waals surface area contributed by atoms with Crippen LogP contribution >= 0.6 is 0 Å². The maximum absolute atomic E-state index is 12.9. The molecular formula is C26H30F3N3O4. The van der Waals surface area contributed by atoms with Crippen molar-refractivity contribution in [1.29, 1.82) is 0 Å². The molecule has 1 heterocycles. The van der Waals surface area contributed by atoms with Crippen LogP contribution in [0.3, 0.4) is 0 Å². The van der Waals surface area contributed by atoms with Crippen LogP contribution in [0.2, 0.25) is 0 Å². The minimum Gasteiger partial charge on any atom is -0.476 e. The molecule has 0 aliphatic carbocycles. The zero-order valence-corrected chi connectivity index (χ0v) is 21.0. The van der Waals surface area contributed by atoms with E-state index in [4.69, 9.17) is 9.47 Å². The lowest BCUT2D eigenvalue weighted by molar-refractivity contribution is -0.158. The van der Waals surface area contributed by atoms with Gasteiger partial charge in [0, 0.05) is 0 Å². The summed E-state index contributed by atoms with van der Waals surface area (Å²) in [5.41, 5.74) is 0.392. The van der Waals surface area contributed by atoms with Crippen molar-refractivity contribution in [2.24, 2.45) is 0 Å². The molecule has 0 saturated heterocycles. The molecule has 0 unspecified atom stereocenters. The van der Waals surface area contributed by atoms with Crippen molar-refractivity contribution < 1.29 is 27.4 Å². The van der Waals surface area contributed by atoms with E-state index in [1.165, 1.54) is 27.7 Å². The summed E-state index contributed by atoms with van der Waals surface area (Å²) >= 11 is 0. The lowest BCUT2D eigenvalue weighted by Crippen LogP contribution is -2.40. The van der Waals surface area contributed by atoms with Crippen molar-refractivity contribution >= 4 is 5.97 Å². The molecule has 0 radical (unpaired) electrons. The van der Waals surface area contributed by atoms with Crippen molar-refractivity contribution in [3.05, 3.63) is 75.5 Å². The first kappa shape index (κ1) is 27.0. The number of aryl methyl sites for hydroxylation is 2. The Labute approximate surface area is 207 Å². The van der Waals surface area contributed by atoms with Gasteiger partial charge in [0.2, 0.25) is 0 Å². The van der Waals surface area contributed by atoms with Crippen LogP contribution in [-0.2, 0) is 35.1 Å². The summed E-state index contributed by atoms with van der Waals surface area (Å²) in [6, 6.07) is 8.13. The van der Waals surface area contributed by atoms with E-state index in [2.05, 4.69) is 5.10 Å². The van der Waals surface area contributed by atoms with Crippen LogP contribution in [0.1, 0.15) is 56.9 Å². The zero-order chi connectivity index (χ0) is 26.7. The number of aromatic nitrogens is 3. The number of hydrogen-bond acceptors (Lipinski definition) is 5. The van der Waals surface area contributed by atoms with Crippen LogP contribution in [0, 0.1) is 0 Å². The summed E-state index contributed by atoms with van der Waals surface area (Å²) in [5, 5.41) is 4.15. The van der Waals surface area contributed by atoms with Gasteiger partial charge in [-0.2, -0.15) is 18.3 Å². The van der Waals surface area contributed by atoms with Gasteiger partial charge in [-0.25, -0.2) is 18.8 Å². The van der Waals surface area contributed by atoms with Crippen LogP contribution < -0.4 is 10.4 Å². The SMILES string of the molecule is CCOC(=O)C(C)(C)Oc1c(CC)cc(Cn2ncn(-c3ccc(C(F)(F)F)cc3)c2=O)cc1CC. The Bertz CT molecular complexity index is 1250. The van der Waals surface area contributed by atoms with Gasteiger partial charge in [0.05, 0.1) is 24.4 Å². The van der Waals surface area contributed by atoms with E-state index < -0.39 is 29.0 Å². The Morgan fingerprint density at radius 2 is 1.58 bits per heavy atom. The first-order chi connectivity index (χ1) is 16.9. The molecule has 7 nitrogen and oxygen atoms in total. The third kappa shape index (κ3) is 5.80. The number of carbonyl (C=O) groups is 1. The average Bonchev–Trinajstić information content (AvgIpc) is 3.19. The Hall–Kier alpha value is -3.56. The second kappa shape index (κ2) is 10.6. The Balaban J connectivity index is 1.90. The highest BCUT2D eigenvalue weighted by molar-refractivity contribution is 5.79. The zero-order valence-electron chi connectivity index (χ0n) is 21.0. The van der Waals surface area contributed by atoms with Crippen molar-refractivity contribution in [1.82, 2.24) is 14.3 Å². The molecule has 3 aromatic rings. The largest absolute Gasteiger partial charge is 0.476 e. The first-order valence-electron chi connectivity index (χ1n) is 11.7. The fraction of sp³-hybridized carbons (Fsp3) is 0.423. The van der Waals surface area contributed by atoms with Gasteiger partial charge in [-0.05, 0) is 74.6 Å². The molecule has 0 bridgehead atoms. The van der Waals surface area contributed by atoms with Gasteiger partial charge in [0.15, 0.2) is 5.60 Å². The summed E-state index contributed by atoms with van der Waals surface area (Å²) in [6.07, 6.45) is -1.91. The molecule has 0 aliphatic heterocycles. The fourth-order valence-electron chi connectivity index (χ4n) is 3.78. The van der Waals surface area contributed by atoms with E-state index in [0.29, 0.717) is 18.6 Å². The molecule has 0 amide bonds. The van der Waals surface area contributed by atoms with Gasteiger partial charge in [-0.3, -0.25) is 0 Å². The van der Waals surface area contributed by atoms with Crippen molar-refractivity contribution in [3.63, 3.8) is 0 Å². The quantitative estimate of drug-likeness (QED) is 0.385. The van der Waals surface area contributed by atoms with Crippen LogP contribution in [0.4, 0.5) is 13.2 Å². The topological polar surface area (TPSA) is 75.3 Å². The number of benzene rings is 2. The molecular weight excluding hydrogens is 475 g/mol. The third-order valence-corrected chi connectivity index (χ3v) is 5.73. The number of ether oxygens (including phenoxy) is 2. The maximum atomic E-state index is 12.9. The minimum absolute atomic E-state index is 0.161. The van der Waals surface area contributed by atoms with E-state index in [0.717, 1.165) is 28.8 Å². The summed E-state index contributed by atoms with van der Waals surface area (Å²) < 4.78 is 52.3. The summed E-state index contributed by atoms with van der Waals surface area (Å²) in [5.74, 6) is 0.156. The molecule has 2 aromatic carbocycles. The molecule has 0 aliphatic rings. The first-order valence-corrected chi connectivity index (χ1v) is 11.7. The van der Waals surface area contributed by atoms with E-state index in [1.807, 2.05) is 26.0 Å². The summed E-state index contributed by atoms with van der Waals surface area (Å²) in [4.78, 5) is 25.3. The standard InChI is InChI=1S/C26H30F3N3O4/c1-6-18-13-17(14-19(7-2)22(18)36-25(4,5)23(33)35-8-3)15-32-24(34)31(16-30-32)21-11-9-20(10-12-21)26(27,28)29/h9-14,16H,6-8,15H2,1-5H3. The normalized spacial score (nSPS) is 12.0. The van der Waals surface area contributed by atoms with Gasteiger partial charge in [-0.1, -0.05) is 26.0 Å². The Morgan fingerprint density at radius 1 is 1.00 bits per heavy atom. The number of hydrogen-bond donors (Lipinski definition) is 0. The van der Waals surface area contributed by atoms with Crippen LogP contribution in [-0.4, -0.2) is 32.5 Å². The number of esters is 1. The van der Waals surface area contributed by atoms with Crippen molar-refractivity contribution in [2.45, 2.75) is 65.8 Å². The number of nitrogens with zero attached hydrogens (tertiary/aromatic N) is 3. The van der Waals surface area contributed by atoms with Crippen LogP contribution in [0.15, 0.2) is 47.5 Å². The smallest absolute Gasteiger partial charge is 0.416 e. The monoisotopic (exact) mass is 505 g/mol. The molecule has 3 rings (SSSR count). The van der Waals surface area contributed by atoms with Gasteiger partial charge in [0.25, 0.3) is 0 Å². The van der Waals surface area contributed by atoms with Crippen LogP contribution in [0.25, 0.3) is 5.69 Å². The Morgan fingerprint density at radius 3 is 2.08 bits per heavy atom. The van der Waals surface area contributed by atoms with Crippen LogP contribution in [0.5, 0.6) is 5.75 Å². The molecule has 194 valence electrons. The van der Waals surface area contributed by atoms with E-state index in [9.17, 15) is 22.8 Å². The Kier molecular flexibility index (Phi) is 7.96. The molecule has 1 aromatic heterocycles. The molecule has 10 heteroatoms. The highest BCUT2D eigenvalue weighted by Gasteiger charge is 2.33. The summed E-state index contributed by atoms with van der Waals surface area (Å²) in [7, 11) is 0. The molecule has 0 fully saturated rings. The minimum atomic E-state index is -4.46. The van der Waals surface area contributed by atoms with Gasteiger partial charge in [0.1, 0.15) is 12.1 Å². The lowest BCUT2D eigenvalue weighted by Gasteiger charge is -2.27. The fourth-order valence-corrected chi connectivity index (χ4v) is 3.78. The van der Waals surface area contributed by atoms with Gasteiger partial charge < -0.3 is 9.47 Å². The molecule has 0 saturated carbocycles. The second-order valence-corrected chi connectivity index (χ2v) is 8.77. The summed E-state index contributed by atoms with van der Waals surface area (Å²) in [6.45, 7) is 9.39. The van der Waals surface area contributed by atoms with E-state index in [1.54, 1.807) is 20.8 Å². The average molecular weight is 506 g/mol. The van der Waals surface area contributed by atoms with Gasteiger partial charge >= 0.3 is 17.8 Å². The number of alkyl halides is 3. The molecule has 0 atom stereocenters. The number of carbonyl (C=O) groups excluding carboxylic acids is 1.